The Morgan fingerprint density at radius 2 is 0.450 bits per heavy atom. The van der Waals surface area contributed by atoms with Crippen molar-refractivity contribution in [2.75, 3.05) is 39.6 Å². The van der Waals surface area contributed by atoms with Crippen LogP contribution in [0.4, 0.5) is 0 Å². The maximum Gasteiger partial charge on any atom is 0.472 e. The SMILES string of the molecule is CC/C=C\C/C=C\C/C=C\C/C=C\C/C=C\CCCCCCCCCCCCCCCCCC(=O)OCC(O)COP(=O)(O)OCC(O)COP(=O)(O)OCC(COC(=O)CCCCCCCCCCCCC/C=C\C/C=C\C/C=C\C/C=C\C/C=C\CC)OC(=O)CCCCCC/C=C\C/C=C\C/C=C\C/C=C\CC. The van der Waals surface area contributed by atoms with Gasteiger partial charge >= 0.3 is 33.6 Å². The number of hydrogen-bond donors (Lipinski definition) is 4. The fraction of sp³-hybridized carbons (Fsp3) is 0.667. The number of aliphatic hydroxyl groups excluding tert-OH is 2. The van der Waals surface area contributed by atoms with Gasteiger partial charge in [0.2, 0.25) is 0 Å². The maximum absolute atomic E-state index is 13.0. The molecule has 0 aromatic carbocycles. The predicted molar refractivity (Wildman–Crippen MR) is 463 cm³/mol. The van der Waals surface area contributed by atoms with E-state index in [2.05, 4.69) is 191 Å². The molecule has 0 aromatic heterocycles. The summed E-state index contributed by atoms with van der Waals surface area (Å²) >= 11 is 0. The first-order valence-corrected chi connectivity index (χ1v) is 46.4. The Morgan fingerprint density at radius 1 is 0.252 bits per heavy atom. The third-order valence-corrected chi connectivity index (χ3v) is 19.8. The molecule has 0 aromatic rings. The van der Waals surface area contributed by atoms with Gasteiger partial charge in [-0.05, 0) is 148 Å². The Hall–Kier alpha value is -5.09. The van der Waals surface area contributed by atoms with Gasteiger partial charge in [-0.15, -0.1) is 0 Å². The van der Waals surface area contributed by atoms with Crippen LogP contribution in [-0.4, -0.2) is 95.9 Å². The second-order valence-corrected chi connectivity index (χ2v) is 31.5. The molecule has 111 heavy (non-hydrogen) atoms. The van der Waals surface area contributed by atoms with Crippen LogP contribution in [-0.2, 0) is 55.8 Å². The van der Waals surface area contributed by atoms with Crippen molar-refractivity contribution >= 4 is 33.6 Å². The highest BCUT2D eigenvalue weighted by Crippen LogP contribution is 2.45. The summed E-state index contributed by atoms with van der Waals surface area (Å²) in [6.07, 6.45) is 108. The molecule has 0 radical (unpaired) electrons. The Kier molecular flexibility index (Phi) is 80.4. The molecule has 4 N–H and O–H groups in total. The standard InChI is InChI=1S/C93H156O16P2/c1-4-7-10-13-16-19-22-25-28-31-33-35-37-39-41-42-43-44-46-48-49-51-53-56-58-61-64-67-70-73-76-79-91(96)103-82-88(94)83-105-110(99,100)106-84-89(95)85-107-111(101,102)108-87-90(109-93(98)81-78-75-72-69-66-63-60-55-30-27-24-21-18-15-12-9-6-3)86-104-92(97)80-77-74-71-68-65-62-59-57-54-52-50-47-45-40-38-36-34-32-29-26-23-20-17-14-11-8-5-2/h7-12,16-21,25-30,33-36,39-41,45,60,63,88-90,94-95H,4-6,13-15,22-24,31-32,37-38,42-44,46-59,61-62,64-87H2,1-3H3,(H,99,100)(H,101,102)/b10-7-,11-8-,12-9-,19-16-,20-17-,21-18-,28-25-,29-26-,30-27-,35-33-,36-34-,41-39-,45-40-,63-60-. The van der Waals surface area contributed by atoms with Crippen molar-refractivity contribution in [1.29, 1.82) is 0 Å². The van der Waals surface area contributed by atoms with E-state index in [1.165, 1.54) is 116 Å². The Balaban J connectivity index is 4.55. The minimum atomic E-state index is -4.95. The number of carbonyl (C=O) groups is 3. The highest BCUT2D eigenvalue weighted by atomic mass is 31.2. The summed E-state index contributed by atoms with van der Waals surface area (Å²) in [5.41, 5.74) is 0. The van der Waals surface area contributed by atoms with E-state index in [0.717, 1.165) is 167 Å². The van der Waals surface area contributed by atoms with E-state index < -0.39 is 91.5 Å². The van der Waals surface area contributed by atoms with Crippen LogP contribution in [0.5, 0.6) is 0 Å². The first-order valence-electron chi connectivity index (χ1n) is 43.4. The monoisotopic (exact) mass is 1590 g/mol. The molecular weight excluding hydrogens is 1430 g/mol. The number of phosphoric acid groups is 2. The van der Waals surface area contributed by atoms with E-state index in [0.29, 0.717) is 19.3 Å². The van der Waals surface area contributed by atoms with E-state index in [1.807, 2.05) is 0 Å². The number of aliphatic hydroxyl groups is 2. The van der Waals surface area contributed by atoms with Gasteiger partial charge in [0.25, 0.3) is 0 Å². The van der Waals surface area contributed by atoms with Gasteiger partial charge in [-0.25, -0.2) is 9.13 Å². The first kappa shape index (κ1) is 106. The van der Waals surface area contributed by atoms with Crippen molar-refractivity contribution in [3.63, 3.8) is 0 Å². The molecule has 0 fully saturated rings. The molecule has 0 amide bonds. The highest BCUT2D eigenvalue weighted by molar-refractivity contribution is 7.47. The third kappa shape index (κ3) is 85.6. The molecule has 0 bridgehead atoms. The quantitative estimate of drug-likeness (QED) is 0.0146. The zero-order valence-electron chi connectivity index (χ0n) is 69.6. The largest absolute Gasteiger partial charge is 0.472 e. The van der Waals surface area contributed by atoms with E-state index in [-0.39, 0.29) is 19.3 Å². The number of ether oxygens (including phenoxy) is 3. The molecule has 0 saturated heterocycles. The molecule has 0 saturated carbocycles. The minimum absolute atomic E-state index is 0.0717. The van der Waals surface area contributed by atoms with E-state index >= 15 is 0 Å². The maximum atomic E-state index is 13.0. The molecule has 0 heterocycles. The summed E-state index contributed by atoms with van der Waals surface area (Å²) in [7, 11) is -9.81. The first-order chi connectivity index (χ1) is 54.2. The van der Waals surface area contributed by atoms with Gasteiger partial charge in [-0.1, -0.05) is 345 Å². The molecular formula is C93H156O16P2. The summed E-state index contributed by atoms with van der Waals surface area (Å²) in [5.74, 6) is -1.60. The fourth-order valence-electron chi connectivity index (χ4n) is 11.4. The molecule has 18 heteroatoms. The van der Waals surface area contributed by atoms with Gasteiger partial charge in [0.15, 0.2) is 6.10 Å². The number of carbonyl (C=O) groups excluding carboxylic acids is 3. The lowest BCUT2D eigenvalue weighted by atomic mass is 10.0. The summed E-state index contributed by atoms with van der Waals surface area (Å²) in [6, 6.07) is 0. The number of unbranched alkanes of at least 4 members (excludes halogenated alkanes) is 30. The van der Waals surface area contributed by atoms with Gasteiger partial charge in [0.1, 0.15) is 25.4 Å². The lowest BCUT2D eigenvalue weighted by molar-refractivity contribution is -0.161. The molecule has 5 unspecified atom stereocenters. The molecule has 0 rings (SSSR count). The normalized spacial score (nSPS) is 14.7. The van der Waals surface area contributed by atoms with Crippen molar-refractivity contribution < 1.29 is 75.8 Å². The second kappa shape index (κ2) is 84.3. The van der Waals surface area contributed by atoms with E-state index in [4.69, 9.17) is 32.3 Å². The van der Waals surface area contributed by atoms with E-state index in [9.17, 15) is 43.5 Å². The number of allylic oxidation sites excluding steroid dienone is 28. The zero-order chi connectivity index (χ0) is 80.8. The van der Waals surface area contributed by atoms with Crippen LogP contribution >= 0.6 is 15.6 Å². The van der Waals surface area contributed by atoms with Gasteiger partial charge in [-0.3, -0.25) is 32.5 Å². The molecule has 634 valence electrons. The summed E-state index contributed by atoms with van der Waals surface area (Å²) in [4.78, 5) is 58.9. The van der Waals surface area contributed by atoms with Crippen LogP contribution in [0.15, 0.2) is 170 Å². The molecule has 0 aliphatic heterocycles. The number of phosphoric ester groups is 2. The van der Waals surface area contributed by atoms with Crippen molar-refractivity contribution in [3.8, 4) is 0 Å². The van der Waals surface area contributed by atoms with Crippen LogP contribution in [0, 0.1) is 0 Å². The van der Waals surface area contributed by atoms with Gasteiger partial charge < -0.3 is 34.2 Å². The van der Waals surface area contributed by atoms with Crippen LogP contribution in [0.1, 0.15) is 342 Å². The average Bonchev–Trinajstić information content (AvgIpc) is 0.900. The van der Waals surface area contributed by atoms with Gasteiger partial charge in [0, 0.05) is 19.3 Å². The number of esters is 3. The fourth-order valence-corrected chi connectivity index (χ4v) is 13.0. The van der Waals surface area contributed by atoms with Crippen LogP contribution in [0.2, 0.25) is 0 Å². The average molecular weight is 1590 g/mol. The highest BCUT2D eigenvalue weighted by Gasteiger charge is 2.29. The Labute approximate surface area is 675 Å². The van der Waals surface area contributed by atoms with Gasteiger partial charge in [0.05, 0.1) is 26.4 Å². The smallest absolute Gasteiger partial charge is 0.463 e. The predicted octanol–water partition coefficient (Wildman–Crippen LogP) is 26.3. The lowest BCUT2D eigenvalue weighted by Gasteiger charge is -2.21. The molecule has 0 aliphatic rings. The Bertz CT molecular complexity index is 2700. The number of rotatable bonds is 81. The molecule has 0 aliphatic carbocycles. The van der Waals surface area contributed by atoms with E-state index in [1.54, 1.807) is 0 Å². The summed E-state index contributed by atoms with van der Waals surface area (Å²) in [6.45, 7) is 2.33. The summed E-state index contributed by atoms with van der Waals surface area (Å²) in [5, 5.41) is 20.7. The van der Waals surface area contributed by atoms with Crippen molar-refractivity contribution in [1.82, 2.24) is 0 Å². The van der Waals surface area contributed by atoms with Gasteiger partial charge in [-0.2, -0.15) is 0 Å². The lowest BCUT2D eigenvalue weighted by Crippen LogP contribution is -2.30. The van der Waals surface area contributed by atoms with Crippen LogP contribution in [0.3, 0.4) is 0 Å². The molecule has 0 spiro atoms. The molecule has 5 atom stereocenters. The van der Waals surface area contributed by atoms with Crippen molar-refractivity contribution in [2.24, 2.45) is 0 Å². The number of hydrogen-bond acceptors (Lipinski definition) is 14. The topological polar surface area (TPSA) is 231 Å². The Morgan fingerprint density at radius 3 is 0.712 bits per heavy atom. The van der Waals surface area contributed by atoms with Crippen molar-refractivity contribution in [2.45, 2.75) is 360 Å². The zero-order valence-corrected chi connectivity index (χ0v) is 71.4. The minimum Gasteiger partial charge on any atom is -0.463 e. The molecule has 16 nitrogen and oxygen atoms in total. The second-order valence-electron chi connectivity index (χ2n) is 28.5. The van der Waals surface area contributed by atoms with Crippen LogP contribution in [0.25, 0.3) is 0 Å². The third-order valence-electron chi connectivity index (χ3n) is 17.9. The van der Waals surface area contributed by atoms with Crippen molar-refractivity contribution in [3.05, 3.63) is 170 Å². The summed E-state index contributed by atoms with van der Waals surface area (Å²) < 4.78 is 61.3. The van der Waals surface area contributed by atoms with Crippen LogP contribution < -0.4 is 0 Å².